The number of aliphatic hydroxyl groups is 2. The molecule has 5 rings (SSSR count). The lowest BCUT2D eigenvalue weighted by Crippen LogP contribution is -2.43. The number of likely N-dealkylation sites (N-methyl/N-ethyl adjacent to an activating group) is 1. The second-order valence-electron chi connectivity index (χ2n) is 12.3. The van der Waals surface area contributed by atoms with E-state index in [1.165, 1.54) is 0 Å². The van der Waals surface area contributed by atoms with Gasteiger partial charge in [-0.2, -0.15) is 0 Å². The summed E-state index contributed by atoms with van der Waals surface area (Å²) in [5, 5.41) is 32.3. The second kappa shape index (κ2) is 16.6. The fourth-order valence-corrected chi connectivity index (χ4v) is 5.97. The average molecular weight is 653 g/mol. The topological polar surface area (TPSA) is 129 Å². The lowest BCUT2D eigenvalue weighted by Gasteiger charge is -2.39. The Morgan fingerprint density at radius 2 is 1.54 bits per heavy atom. The third-order valence-corrected chi connectivity index (χ3v) is 8.95. The van der Waals surface area contributed by atoms with Gasteiger partial charge >= 0.3 is 5.97 Å². The van der Waals surface area contributed by atoms with Gasteiger partial charge in [-0.3, -0.25) is 14.5 Å². The number of aliphatic carboxylic acids is 1. The summed E-state index contributed by atoms with van der Waals surface area (Å²) in [7, 11) is 2.00. The van der Waals surface area contributed by atoms with Gasteiger partial charge in [0.15, 0.2) is 6.29 Å². The molecule has 5 atom stereocenters. The molecule has 4 aromatic carbocycles. The molecule has 0 unspecified atom stereocenters. The van der Waals surface area contributed by atoms with Crippen molar-refractivity contribution in [3.63, 3.8) is 0 Å². The van der Waals surface area contributed by atoms with Crippen LogP contribution in [0.5, 0.6) is 0 Å². The van der Waals surface area contributed by atoms with E-state index in [1.807, 2.05) is 117 Å². The summed E-state index contributed by atoms with van der Waals surface area (Å²) < 4.78 is 13.1. The van der Waals surface area contributed by atoms with Gasteiger partial charge in [0, 0.05) is 37.5 Å². The normalized spacial score (nSPS) is 19.1. The Kier molecular flexibility index (Phi) is 12.1. The first-order valence-corrected chi connectivity index (χ1v) is 16.3. The highest BCUT2D eigenvalue weighted by molar-refractivity contribution is 5.80. The SMILES string of the molecule is C[C@H]([C@@H](O)c1ccccc1)N(C)C[C@H]1C[C@@H](c2ccc(CO)cc2)O[C@@H](c2ccc(-c3ccccc3CNC(=O)CCC(=O)O)cc2)O1. The van der Waals surface area contributed by atoms with Crippen molar-refractivity contribution in [2.24, 2.45) is 0 Å². The van der Waals surface area contributed by atoms with E-state index in [-0.39, 0.29) is 50.2 Å². The third kappa shape index (κ3) is 9.15. The van der Waals surface area contributed by atoms with Crippen LogP contribution < -0.4 is 5.32 Å². The Hall–Kier alpha value is -4.38. The van der Waals surface area contributed by atoms with Gasteiger partial charge in [0.25, 0.3) is 0 Å². The van der Waals surface area contributed by atoms with Crippen LogP contribution >= 0.6 is 0 Å². The predicted molar refractivity (Wildman–Crippen MR) is 183 cm³/mol. The van der Waals surface area contributed by atoms with Crippen LogP contribution in [0, 0.1) is 0 Å². The molecule has 0 bridgehead atoms. The smallest absolute Gasteiger partial charge is 0.303 e. The van der Waals surface area contributed by atoms with E-state index >= 15 is 0 Å². The van der Waals surface area contributed by atoms with Crippen molar-refractivity contribution in [1.29, 1.82) is 0 Å². The molecule has 0 aliphatic carbocycles. The first-order chi connectivity index (χ1) is 23.2. The minimum atomic E-state index is -1.00. The van der Waals surface area contributed by atoms with E-state index in [0.717, 1.165) is 38.9 Å². The number of amides is 1. The molecule has 1 amide bonds. The summed E-state index contributed by atoms with van der Waals surface area (Å²) in [4.78, 5) is 25.1. The zero-order valence-corrected chi connectivity index (χ0v) is 27.4. The zero-order chi connectivity index (χ0) is 34.0. The largest absolute Gasteiger partial charge is 0.481 e. The van der Waals surface area contributed by atoms with Crippen molar-refractivity contribution in [3.8, 4) is 11.1 Å². The van der Waals surface area contributed by atoms with E-state index in [0.29, 0.717) is 13.0 Å². The third-order valence-electron chi connectivity index (χ3n) is 8.95. The van der Waals surface area contributed by atoms with Crippen LogP contribution in [0.2, 0.25) is 0 Å². The number of carbonyl (C=O) groups is 2. The minimum absolute atomic E-state index is 0.0286. The minimum Gasteiger partial charge on any atom is -0.481 e. The second-order valence-corrected chi connectivity index (χ2v) is 12.3. The van der Waals surface area contributed by atoms with Crippen molar-refractivity contribution in [2.45, 2.75) is 70.0 Å². The van der Waals surface area contributed by atoms with Gasteiger partial charge in [0.1, 0.15) is 0 Å². The molecule has 0 saturated carbocycles. The number of carboxylic acids is 1. The summed E-state index contributed by atoms with van der Waals surface area (Å²) in [6.45, 7) is 2.85. The van der Waals surface area contributed by atoms with Crippen LogP contribution in [-0.2, 0) is 32.2 Å². The summed E-state index contributed by atoms with van der Waals surface area (Å²) >= 11 is 0. The molecule has 0 spiro atoms. The lowest BCUT2D eigenvalue weighted by molar-refractivity contribution is -0.253. The van der Waals surface area contributed by atoms with E-state index in [9.17, 15) is 19.8 Å². The van der Waals surface area contributed by atoms with E-state index < -0.39 is 18.4 Å². The Balaban J connectivity index is 1.32. The number of benzene rings is 4. The van der Waals surface area contributed by atoms with Crippen molar-refractivity contribution in [2.75, 3.05) is 13.6 Å². The molecule has 1 fully saturated rings. The molecule has 4 N–H and O–H groups in total. The number of hydrogen-bond acceptors (Lipinski definition) is 7. The number of carboxylic acid groups (broad SMARTS) is 1. The molecule has 1 saturated heterocycles. The van der Waals surface area contributed by atoms with Crippen molar-refractivity contribution < 1.29 is 34.4 Å². The van der Waals surface area contributed by atoms with Crippen molar-refractivity contribution in [3.05, 3.63) is 131 Å². The van der Waals surface area contributed by atoms with E-state index in [4.69, 9.17) is 14.6 Å². The summed E-state index contributed by atoms with van der Waals surface area (Å²) in [6, 6.07) is 33.1. The molecular weight excluding hydrogens is 608 g/mol. The van der Waals surface area contributed by atoms with Crippen LogP contribution in [0.1, 0.15) is 72.5 Å². The number of carbonyl (C=O) groups excluding carboxylic acids is 1. The maximum atomic E-state index is 12.1. The molecule has 1 heterocycles. The van der Waals surface area contributed by atoms with Crippen LogP contribution in [0.3, 0.4) is 0 Å². The first-order valence-electron chi connectivity index (χ1n) is 16.3. The van der Waals surface area contributed by atoms with Gasteiger partial charge in [-0.25, -0.2) is 0 Å². The molecular formula is C39H44N2O7. The predicted octanol–water partition coefficient (Wildman–Crippen LogP) is 5.93. The fourth-order valence-electron chi connectivity index (χ4n) is 5.97. The van der Waals surface area contributed by atoms with Gasteiger partial charge < -0.3 is 30.1 Å². The van der Waals surface area contributed by atoms with Gasteiger partial charge in [-0.05, 0) is 47.4 Å². The van der Waals surface area contributed by atoms with Gasteiger partial charge in [0.2, 0.25) is 5.91 Å². The zero-order valence-electron chi connectivity index (χ0n) is 27.4. The standard InChI is InChI=1S/C39H44N2O7/c1-26(38(46)30-8-4-3-5-9-30)41(2)24-33-22-35(29-14-12-27(25-42)13-15-29)48-39(47-33)31-18-16-28(17-19-31)34-11-7-6-10-32(34)23-40-36(43)20-21-37(44)45/h3-19,26,33,35,38-39,42,46H,20-25H2,1-2H3,(H,40,43)(H,44,45)/t26-,33-,35+,38-,39+/m1/s1. The highest BCUT2D eigenvalue weighted by atomic mass is 16.7. The van der Waals surface area contributed by atoms with Gasteiger partial charge in [-0.15, -0.1) is 0 Å². The monoisotopic (exact) mass is 652 g/mol. The van der Waals surface area contributed by atoms with Crippen LogP contribution in [0.15, 0.2) is 103 Å². The number of hydrogen-bond donors (Lipinski definition) is 4. The first kappa shape index (κ1) is 34.9. The highest BCUT2D eigenvalue weighted by Crippen LogP contribution is 2.39. The molecule has 9 heteroatoms. The van der Waals surface area contributed by atoms with Gasteiger partial charge in [0.05, 0.1) is 31.3 Å². The highest BCUT2D eigenvalue weighted by Gasteiger charge is 2.34. The lowest BCUT2D eigenvalue weighted by atomic mass is 9.97. The molecule has 1 aliphatic rings. The van der Waals surface area contributed by atoms with Crippen molar-refractivity contribution in [1.82, 2.24) is 10.2 Å². The Bertz CT molecular complexity index is 1630. The van der Waals surface area contributed by atoms with Crippen LogP contribution in [-0.4, -0.2) is 57.8 Å². The number of nitrogens with one attached hydrogen (secondary N) is 1. The number of rotatable bonds is 14. The molecule has 0 aromatic heterocycles. The fraction of sp³-hybridized carbons (Fsp3) is 0.333. The number of nitrogens with zero attached hydrogens (tertiary/aromatic N) is 1. The average Bonchev–Trinajstić information content (AvgIpc) is 3.13. The van der Waals surface area contributed by atoms with Crippen molar-refractivity contribution >= 4 is 11.9 Å². The molecule has 9 nitrogen and oxygen atoms in total. The Morgan fingerprint density at radius 3 is 2.23 bits per heavy atom. The van der Waals surface area contributed by atoms with E-state index in [1.54, 1.807) is 0 Å². The Morgan fingerprint density at radius 1 is 0.875 bits per heavy atom. The number of aliphatic hydroxyl groups excluding tert-OH is 2. The molecule has 48 heavy (non-hydrogen) atoms. The number of ether oxygens (including phenoxy) is 2. The van der Waals surface area contributed by atoms with Crippen LogP contribution in [0.4, 0.5) is 0 Å². The summed E-state index contributed by atoms with van der Waals surface area (Å²) in [5.74, 6) is -1.31. The van der Waals surface area contributed by atoms with E-state index in [2.05, 4.69) is 10.2 Å². The quantitative estimate of drug-likeness (QED) is 0.132. The molecule has 0 radical (unpaired) electrons. The maximum Gasteiger partial charge on any atom is 0.303 e. The van der Waals surface area contributed by atoms with Crippen LogP contribution in [0.25, 0.3) is 11.1 Å². The van der Waals surface area contributed by atoms with Gasteiger partial charge in [-0.1, -0.05) is 103 Å². The molecule has 4 aromatic rings. The maximum absolute atomic E-state index is 12.1. The Labute approximate surface area is 281 Å². The molecule has 1 aliphatic heterocycles. The summed E-state index contributed by atoms with van der Waals surface area (Å²) in [6.07, 6.45) is -1.36. The molecule has 252 valence electrons. The summed E-state index contributed by atoms with van der Waals surface area (Å²) in [5.41, 5.74) is 6.40.